The zero-order chi connectivity index (χ0) is 27.8. The van der Waals surface area contributed by atoms with E-state index in [2.05, 4.69) is 22.7 Å². The molecule has 1 aromatic heterocycles. The minimum Gasteiger partial charge on any atom is -0.446 e. The lowest BCUT2D eigenvalue weighted by Gasteiger charge is -2.30. The zero-order valence-corrected chi connectivity index (χ0v) is 21.3. The molecular weight excluding hydrogens is 503 g/mol. The first kappa shape index (κ1) is 27.5. The largest absolute Gasteiger partial charge is 0.446 e. The first-order valence-electron chi connectivity index (χ1n) is 12.5. The molecule has 4 rings (SSSR count). The molecule has 2 aromatic rings. The molecule has 2 aliphatic rings. The molecule has 38 heavy (non-hydrogen) atoms. The Balaban J connectivity index is 1.64. The highest BCUT2D eigenvalue weighted by atomic mass is 19.4. The van der Waals surface area contributed by atoms with E-state index in [9.17, 15) is 27.6 Å². The van der Waals surface area contributed by atoms with Gasteiger partial charge in [0.05, 0.1) is 22.5 Å². The van der Waals surface area contributed by atoms with Crippen LogP contribution in [0.3, 0.4) is 0 Å². The number of alkyl carbamates (subject to hydrolysis) is 1. The van der Waals surface area contributed by atoms with E-state index in [0.717, 1.165) is 4.68 Å². The first-order valence-corrected chi connectivity index (χ1v) is 12.5. The highest BCUT2D eigenvalue weighted by Gasteiger charge is 2.45. The van der Waals surface area contributed by atoms with Gasteiger partial charge < -0.3 is 21.1 Å². The summed E-state index contributed by atoms with van der Waals surface area (Å²) in [5.41, 5.74) is 4.43. The number of benzene rings is 1. The summed E-state index contributed by atoms with van der Waals surface area (Å²) in [4.78, 5) is 36.6. The Morgan fingerprint density at radius 3 is 2.50 bits per heavy atom. The lowest BCUT2D eigenvalue weighted by molar-refractivity contribution is -0.141. The number of primary amides is 1. The van der Waals surface area contributed by atoms with E-state index in [4.69, 9.17) is 10.5 Å². The Kier molecular flexibility index (Phi) is 7.44. The number of ketones is 1. The van der Waals surface area contributed by atoms with Gasteiger partial charge in [-0.05, 0) is 62.6 Å². The van der Waals surface area contributed by atoms with Crippen LogP contribution in [0, 0.1) is 12.3 Å². The SMILES string of the molecule is [CH2]CNC(=O)O[C@H]1CC[C@H](Nc2cc(-n3nc(C(F)(F)F)c4c3CC(C)(C)CC4=O)ccc2C(N)=O)CC1. The lowest BCUT2D eigenvalue weighted by Crippen LogP contribution is -2.34. The van der Waals surface area contributed by atoms with Gasteiger partial charge in [0.25, 0.3) is 5.91 Å². The van der Waals surface area contributed by atoms with Crippen LogP contribution in [-0.2, 0) is 17.3 Å². The van der Waals surface area contributed by atoms with Gasteiger partial charge in [-0.1, -0.05) is 13.8 Å². The summed E-state index contributed by atoms with van der Waals surface area (Å²) in [7, 11) is 0. The van der Waals surface area contributed by atoms with E-state index in [0.29, 0.717) is 31.4 Å². The number of carbonyl (C=O) groups excluding carboxylic acids is 3. The molecule has 205 valence electrons. The van der Waals surface area contributed by atoms with Crippen molar-refractivity contribution in [1.29, 1.82) is 0 Å². The zero-order valence-electron chi connectivity index (χ0n) is 21.3. The van der Waals surface area contributed by atoms with Gasteiger partial charge in [0.1, 0.15) is 6.10 Å². The fourth-order valence-corrected chi connectivity index (χ4v) is 5.20. The van der Waals surface area contributed by atoms with Gasteiger partial charge in [0, 0.05) is 24.7 Å². The van der Waals surface area contributed by atoms with Gasteiger partial charge in [0.15, 0.2) is 11.5 Å². The quantitative estimate of drug-likeness (QED) is 0.503. The second-order valence-corrected chi connectivity index (χ2v) is 10.6. The van der Waals surface area contributed by atoms with Crippen LogP contribution < -0.4 is 16.4 Å². The molecule has 12 heteroatoms. The van der Waals surface area contributed by atoms with Gasteiger partial charge in [-0.2, -0.15) is 18.3 Å². The Morgan fingerprint density at radius 1 is 1.21 bits per heavy atom. The normalized spacial score (nSPS) is 20.9. The van der Waals surface area contributed by atoms with E-state index in [-0.39, 0.29) is 48.5 Å². The number of aromatic nitrogens is 2. The molecule has 2 amide bonds. The maximum atomic E-state index is 13.8. The molecule has 0 aliphatic heterocycles. The number of rotatable bonds is 6. The smallest absolute Gasteiger partial charge is 0.435 e. The number of Topliss-reactive ketones (excluding diaryl/α,β-unsaturated/α-hetero) is 1. The predicted molar refractivity (Wildman–Crippen MR) is 133 cm³/mol. The molecule has 1 saturated carbocycles. The van der Waals surface area contributed by atoms with Gasteiger partial charge in [0.2, 0.25) is 0 Å². The van der Waals surface area contributed by atoms with Gasteiger partial charge >= 0.3 is 12.3 Å². The summed E-state index contributed by atoms with van der Waals surface area (Å²) >= 11 is 0. The molecule has 1 radical (unpaired) electrons. The van der Waals surface area contributed by atoms with E-state index in [1.807, 2.05) is 13.8 Å². The highest BCUT2D eigenvalue weighted by molar-refractivity contribution is 6.00. The number of amides is 2. The molecule has 2 aliphatic carbocycles. The van der Waals surface area contributed by atoms with E-state index in [1.54, 1.807) is 0 Å². The van der Waals surface area contributed by atoms with Crippen LogP contribution >= 0.6 is 0 Å². The summed E-state index contributed by atoms with van der Waals surface area (Å²) in [5.74, 6) is -1.29. The minimum atomic E-state index is -4.80. The molecule has 4 N–H and O–H groups in total. The molecular formula is C26H31F3N5O4. The van der Waals surface area contributed by atoms with Crippen molar-refractivity contribution >= 4 is 23.5 Å². The van der Waals surface area contributed by atoms with Crippen LogP contribution in [0.2, 0.25) is 0 Å². The number of halogens is 3. The number of nitrogens with zero attached hydrogens (tertiary/aromatic N) is 2. The van der Waals surface area contributed by atoms with Crippen molar-refractivity contribution < 1.29 is 32.3 Å². The van der Waals surface area contributed by atoms with Gasteiger partial charge in [-0.15, -0.1) is 0 Å². The maximum absolute atomic E-state index is 13.8. The summed E-state index contributed by atoms with van der Waals surface area (Å²) in [6.07, 6.45) is -2.92. The molecule has 1 fully saturated rings. The summed E-state index contributed by atoms with van der Waals surface area (Å²) in [5, 5.41) is 9.60. The van der Waals surface area contributed by atoms with Crippen LogP contribution in [0.25, 0.3) is 5.69 Å². The fourth-order valence-electron chi connectivity index (χ4n) is 5.20. The summed E-state index contributed by atoms with van der Waals surface area (Å²) < 4.78 is 48.0. The number of nitrogens with two attached hydrogens (primary N) is 1. The van der Waals surface area contributed by atoms with Crippen molar-refractivity contribution in [2.24, 2.45) is 11.1 Å². The van der Waals surface area contributed by atoms with Crippen LogP contribution in [0.5, 0.6) is 0 Å². The monoisotopic (exact) mass is 534 g/mol. The molecule has 0 saturated heterocycles. The van der Waals surface area contributed by atoms with Crippen LogP contribution in [0.15, 0.2) is 18.2 Å². The Labute approximate surface area is 218 Å². The third kappa shape index (κ3) is 5.78. The van der Waals surface area contributed by atoms with Crippen molar-refractivity contribution in [2.75, 3.05) is 11.9 Å². The predicted octanol–water partition coefficient (Wildman–Crippen LogP) is 4.43. The van der Waals surface area contributed by atoms with Crippen molar-refractivity contribution in [3.63, 3.8) is 0 Å². The van der Waals surface area contributed by atoms with Gasteiger partial charge in [-0.3, -0.25) is 9.59 Å². The standard InChI is InChI=1S/C26H31F3N5O4/c1-4-31-24(37)38-16-8-5-14(6-9-16)32-18-11-15(7-10-17(18)23(30)36)34-19-12-25(2,3)13-20(35)21(19)22(33-34)26(27,28)29/h7,10-11,14,16,32H,1,4-6,8-9,12-13H2,2-3H3,(H2,30,36)(H,31,37)/t14-,16-. The molecule has 0 bridgehead atoms. The summed E-state index contributed by atoms with van der Waals surface area (Å²) in [6, 6.07) is 4.35. The fraction of sp³-hybridized carbons (Fsp3) is 0.500. The number of fused-ring (bicyclic) bond motifs is 1. The Morgan fingerprint density at radius 2 is 1.89 bits per heavy atom. The van der Waals surface area contributed by atoms with E-state index >= 15 is 0 Å². The van der Waals surface area contributed by atoms with Crippen LogP contribution in [0.1, 0.15) is 78.1 Å². The van der Waals surface area contributed by atoms with Gasteiger partial charge in [-0.25, -0.2) is 9.48 Å². The van der Waals surface area contributed by atoms with Crippen molar-refractivity contribution in [2.45, 2.75) is 70.7 Å². The van der Waals surface area contributed by atoms with Crippen molar-refractivity contribution in [3.8, 4) is 5.69 Å². The molecule has 1 heterocycles. The topological polar surface area (TPSA) is 128 Å². The van der Waals surface area contributed by atoms with Crippen molar-refractivity contribution in [1.82, 2.24) is 15.1 Å². The number of nitrogens with one attached hydrogen (secondary N) is 2. The molecule has 0 unspecified atom stereocenters. The third-order valence-electron chi connectivity index (χ3n) is 6.90. The van der Waals surface area contributed by atoms with E-state index < -0.39 is 40.6 Å². The number of ether oxygens (including phenoxy) is 1. The highest BCUT2D eigenvalue weighted by Crippen LogP contribution is 2.42. The number of hydrogen-bond acceptors (Lipinski definition) is 6. The number of alkyl halides is 3. The second-order valence-electron chi connectivity index (χ2n) is 10.6. The van der Waals surface area contributed by atoms with Crippen LogP contribution in [-0.4, -0.2) is 46.3 Å². The number of carbonyl (C=O) groups is 3. The molecule has 1 aromatic carbocycles. The average Bonchev–Trinajstić information content (AvgIpc) is 3.19. The van der Waals surface area contributed by atoms with E-state index in [1.165, 1.54) is 18.2 Å². The number of hydrogen-bond donors (Lipinski definition) is 3. The maximum Gasteiger partial charge on any atom is 0.435 e. The first-order chi connectivity index (χ1) is 17.8. The Hall–Kier alpha value is -3.57. The molecule has 9 nitrogen and oxygen atoms in total. The third-order valence-corrected chi connectivity index (χ3v) is 6.90. The number of anilines is 1. The van der Waals surface area contributed by atoms with Crippen molar-refractivity contribution in [3.05, 3.63) is 47.6 Å². The Bertz CT molecular complexity index is 1250. The lowest BCUT2D eigenvalue weighted by atomic mass is 9.75. The second kappa shape index (κ2) is 10.3. The summed E-state index contributed by atoms with van der Waals surface area (Å²) in [6.45, 7) is 7.41. The van der Waals surface area contributed by atoms with Crippen LogP contribution in [0.4, 0.5) is 23.7 Å². The average molecular weight is 535 g/mol. The molecule has 0 atom stereocenters. The molecule has 0 spiro atoms. The minimum absolute atomic E-state index is 0.00836.